The molecule has 10 heteroatoms. The van der Waals surface area contributed by atoms with Crippen molar-refractivity contribution in [3.05, 3.63) is 52.5 Å². The number of thiazole rings is 1. The summed E-state index contributed by atoms with van der Waals surface area (Å²) in [5.41, 5.74) is 1.95. The van der Waals surface area contributed by atoms with Crippen LogP contribution in [0.15, 0.2) is 41.8 Å². The number of esters is 1. The van der Waals surface area contributed by atoms with E-state index in [2.05, 4.69) is 25.4 Å². The molecule has 32 heavy (non-hydrogen) atoms. The summed E-state index contributed by atoms with van der Waals surface area (Å²) in [6.07, 6.45) is 1.39. The van der Waals surface area contributed by atoms with Crippen LogP contribution in [0.1, 0.15) is 30.3 Å². The van der Waals surface area contributed by atoms with Gasteiger partial charge in [-0.05, 0) is 44.0 Å². The number of rotatable bonds is 6. The van der Waals surface area contributed by atoms with Crippen molar-refractivity contribution in [2.45, 2.75) is 19.8 Å². The summed E-state index contributed by atoms with van der Waals surface area (Å²) in [4.78, 5) is 30.6. The average Bonchev–Trinajstić information content (AvgIpc) is 3.29. The minimum absolute atomic E-state index is 0.0846. The molecule has 1 aliphatic rings. The minimum atomic E-state index is -0.485. The van der Waals surface area contributed by atoms with Crippen LogP contribution in [0.2, 0.25) is 5.02 Å². The fourth-order valence-electron chi connectivity index (χ4n) is 3.48. The van der Waals surface area contributed by atoms with Crippen LogP contribution in [0.3, 0.4) is 0 Å². The zero-order valence-electron chi connectivity index (χ0n) is 17.5. The highest BCUT2D eigenvalue weighted by Gasteiger charge is 2.26. The highest BCUT2D eigenvalue weighted by atomic mass is 35.5. The van der Waals surface area contributed by atoms with Crippen LogP contribution in [0.5, 0.6) is 0 Å². The summed E-state index contributed by atoms with van der Waals surface area (Å²) in [5.74, 6) is 0.0994. The third-order valence-electron chi connectivity index (χ3n) is 5.20. The van der Waals surface area contributed by atoms with Gasteiger partial charge in [0.15, 0.2) is 16.6 Å². The summed E-state index contributed by atoms with van der Waals surface area (Å²) in [6, 6.07) is 11.4. The predicted octanol–water partition coefficient (Wildman–Crippen LogP) is 4.29. The van der Waals surface area contributed by atoms with Crippen LogP contribution in [0, 0.1) is 5.92 Å². The van der Waals surface area contributed by atoms with Crippen molar-refractivity contribution in [3.8, 4) is 11.3 Å². The Labute approximate surface area is 194 Å². The molecule has 0 radical (unpaired) electrons. The summed E-state index contributed by atoms with van der Waals surface area (Å²) in [7, 11) is 0. The lowest BCUT2D eigenvalue weighted by molar-refractivity contribution is -0.120. The molecule has 1 saturated heterocycles. The van der Waals surface area contributed by atoms with Gasteiger partial charge in [0, 0.05) is 35.0 Å². The van der Waals surface area contributed by atoms with E-state index >= 15 is 0 Å². The molecule has 0 saturated carbocycles. The van der Waals surface area contributed by atoms with Gasteiger partial charge in [-0.15, -0.1) is 21.5 Å². The summed E-state index contributed by atoms with van der Waals surface area (Å²) >= 11 is 7.15. The Bertz CT molecular complexity index is 1080. The molecule has 1 aliphatic heterocycles. The number of anilines is 2. The first kappa shape index (κ1) is 22.2. The molecule has 8 nitrogen and oxygen atoms in total. The van der Waals surface area contributed by atoms with Crippen LogP contribution in [0.25, 0.3) is 11.3 Å². The number of halogens is 1. The Hall–Kier alpha value is -3.04. The lowest BCUT2D eigenvalue weighted by Crippen LogP contribution is -2.38. The van der Waals surface area contributed by atoms with E-state index in [1.807, 2.05) is 36.4 Å². The van der Waals surface area contributed by atoms with E-state index in [0.717, 1.165) is 17.1 Å². The second kappa shape index (κ2) is 10.1. The lowest BCUT2D eigenvalue weighted by Gasteiger charge is -2.31. The van der Waals surface area contributed by atoms with Gasteiger partial charge in [0.05, 0.1) is 12.3 Å². The maximum Gasteiger partial charge on any atom is 0.357 e. The number of amides is 1. The molecule has 2 aromatic heterocycles. The van der Waals surface area contributed by atoms with Crippen molar-refractivity contribution in [1.29, 1.82) is 0 Å². The Morgan fingerprint density at radius 1 is 1.16 bits per heavy atom. The number of nitrogens with zero attached hydrogens (tertiary/aromatic N) is 4. The number of hydrogen-bond donors (Lipinski definition) is 1. The van der Waals surface area contributed by atoms with Crippen molar-refractivity contribution in [3.63, 3.8) is 0 Å². The van der Waals surface area contributed by atoms with E-state index in [1.54, 1.807) is 12.3 Å². The quantitative estimate of drug-likeness (QED) is 0.535. The van der Waals surface area contributed by atoms with E-state index in [-0.39, 0.29) is 24.1 Å². The van der Waals surface area contributed by atoms with E-state index in [9.17, 15) is 9.59 Å². The first-order chi connectivity index (χ1) is 15.5. The van der Waals surface area contributed by atoms with Gasteiger partial charge in [-0.3, -0.25) is 4.79 Å². The maximum atomic E-state index is 12.6. The Morgan fingerprint density at radius 2 is 1.91 bits per heavy atom. The SMILES string of the molecule is CCOC(=O)c1csc(NC(=O)C2CCN(c3ccc(-c4ccc(Cl)cc4)nn3)CC2)n1. The molecule has 0 spiro atoms. The predicted molar refractivity (Wildman–Crippen MR) is 124 cm³/mol. The number of hydrogen-bond acceptors (Lipinski definition) is 8. The van der Waals surface area contributed by atoms with Crippen LogP contribution in [-0.2, 0) is 9.53 Å². The number of nitrogens with one attached hydrogen (secondary N) is 1. The summed E-state index contributed by atoms with van der Waals surface area (Å²) in [6.45, 7) is 3.43. The molecule has 4 rings (SSSR count). The Morgan fingerprint density at radius 3 is 2.56 bits per heavy atom. The van der Waals surface area contributed by atoms with E-state index in [1.165, 1.54) is 11.3 Å². The second-order valence-corrected chi connectivity index (χ2v) is 8.59. The standard InChI is InChI=1S/C22H22ClN5O3S/c1-2-31-21(30)18-13-32-22(24-18)25-20(29)15-9-11-28(12-10-15)19-8-7-17(26-27-19)14-3-5-16(23)6-4-14/h3-8,13,15H,2,9-12H2,1H3,(H,24,25,29). The van der Waals surface area contributed by atoms with Gasteiger partial charge in [-0.1, -0.05) is 23.7 Å². The van der Waals surface area contributed by atoms with Gasteiger partial charge < -0.3 is 15.0 Å². The smallest absolute Gasteiger partial charge is 0.357 e. The molecule has 3 heterocycles. The molecule has 0 atom stereocenters. The second-order valence-electron chi connectivity index (χ2n) is 7.29. The molecule has 0 unspecified atom stereocenters. The molecule has 3 aromatic rings. The number of benzene rings is 1. The van der Waals surface area contributed by atoms with E-state index in [0.29, 0.717) is 36.1 Å². The first-order valence-electron chi connectivity index (χ1n) is 10.3. The molecular formula is C22H22ClN5O3S. The zero-order valence-corrected chi connectivity index (χ0v) is 19.0. The normalized spacial score (nSPS) is 14.2. The molecule has 1 N–H and O–H groups in total. The molecule has 0 aliphatic carbocycles. The van der Waals surface area contributed by atoms with Gasteiger partial charge in [0.1, 0.15) is 0 Å². The topological polar surface area (TPSA) is 97.3 Å². The average molecular weight is 472 g/mol. The van der Waals surface area contributed by atoms with Crippen molar-refractivity contribution >= 4 is 45.8 Å². The zero-order chi connectivity index (χ0) is 22.5. The number of carbonyl (C=O) groups is 2. The van der Waals surface area contributed by atoms with Crippen LogP contribution < -0.4 is 10.2 Å². The molecule has 1 fully saturated rings. The Balaban J connectivity index is 1.30. The van der Waals surface area contributed by atoms with Crippen molar-refractivity contribution < 1.29 is 14.3 Å². The third kappa shape index (κ3) is 5.23. The van der Waals surface area contributed by atoms with E-state index in [4.69, 9.17) is 16.3 Å². The fourth-order valence-corrected chi connectivity index (χ4v) is 4.29. The fraction of sp³-hybridized carbons (Fsp3) is 0.318. The maximum absolute atomic E-state index is 12.6. The van der Waals surface area contributed by atoms with Crippen LogP contribution in [-0.4, -0.2) is 46.8 Å². The summed E-state index contributed by atoms with van der Waals surface area (Å²) < 4.78 is 4.92. The monoisotopic (exact) mass is 471 g/mol. The molecule has 1 amide bonds. The minimum Gasteiger partial charge on any atom is -0.461 e. The highest BCUT2D eigenvalue weighted by Crippen LogP contribution is 2.25. The van der Waals surface area contributed by atoms with Crippen molar-refractivity contribution in [1.82, 2.24) is 15.2 Å². The van der Waals surface area contributed by atoms with Gasteiger partial charge in [0.25, 0.3) is 0 Å². The molecule has 166 valence electrons. The lowest BCUT2D eigenvalue weighted by atomic mass is 9.96. The van der Waals surface area contributed by atoms with Gasteiger partial charge in [-0.25, -0.2) is 9.78 Å². The van der Waals surface area contributed by atoms with Crippen molar-refractivity contribution in [2.24, 2.45) is 5.92 Å². The molecule has 1 aromatic carbocycles. The van der Waals surface area contributed by atoms with E-state index < -0.39 is 5.97 Å². The summed E-state index contributed by atoms with van der Waals surface area (Å²) in [5, 5.41) is 14.2. The highest BCUT2D eigenvalue weighted by molar-refractivity contribution is 7.14. The van der Waals surface area contributed by atoms with Crippen LogP contribution in [0.4, 0.5) is 10.9 Å². The first-order valence-corrected chi connectivity index (χ1v) is 11.6. The van der Waals surface area contributed by atoms with Crippen molar-refractivity contribution in [2.75, 3.05) is 29.9 Å². The number of piperidine rings is 1. The largest absolute Gasteiger partial charge is 0.461 e. The van der Waals surface area contributed by atoms with Gasteiger partial charge in [-0.2, -0.15) is 0 Å². The molecular weight excluding hydrogens is 450 g/mol. The van der Waals surface area contributed by atoms with Gasteiger partial charge >= 0.3 is 5.97 Å². The third-order valence-corrected chi connectivity index (χ3v) is 6.21. The molecule has 0 bridgehead atoms. The Kier molecular flexibility index (Phi) is 6.96. The number of carbonyl (C=O) groups excluding carboxylic acids is 2. The van der Waals surface area contributed by atoms with Gasteiger partial charge in [0.2, 0.25) is 5.91 Å². The number of ether oxygens (including phenoxy) is 1. The van der Waals surface area contributed by atoms with Crippen LogP contribution >= 0.6 is 22.9 Å². The number of aromatic nitrogens is 3.